The minimum atomic E-state index is 0.00539. The fourth-order valence-electron chi connectivity index (χ4n) is 1.28. The van der Waals surface area contributed by atoms with Gasteiger partial charge in [0.25, 0.3) is 5.82 Å². The van der Waals surface area contributed by atoms with Crippen molar-refractivity contribution in [2.45, 2.75) is 33.7 Å². The molecule has 0 bridgehead atoms. The first-order valence-corrected chi connectivity index (χ1v) is 5.33. The topological polar surface area (TPSA) is 33.0 Å². The van der Waals surface area contributed by atoms with Crippen LogP contribution in [0.2, 0.25) is 0 Å². The highest BCUT2D eigenvalue weighted by Gasteiger charge is 2.17. The maximum atomic E-state index is 11.6. The highest BCUT2D eigenvalue weighted by atomic mass is 16.1. The van der Waals surface area contributed by atoms with Gasteiger partial charge in [-0.15, -0.1) is 0 Å². The van der Waals surface area contributed by atoms with Gasteiger partial charge in [-0.3, -0.25) is 0 Å². The largest absolute Gasteiger partial charge is 0.309 e. The van der Waals surface area contributed by atoms with E-state index in [2.05, 4.69) is 19.2 Å². The van der Waals surface area contributed by atoms with E-state index in [-0.39, 0.29) is 11.8 Å². The Kier molecular flexibility index (Phi) is 3.83. The van der Waals surface area contributed by atoms with Gasteiger partial charge in [-0.1, -0.05) is 19.9 Å². The van der Waals surface area contributed by atoms with Gasteiger partial charge in [-0.25, -0.2) is 14.7 Å². The molecule has 0 atom stereocenters. The number of rotatable bonds is 3. The maximum absolute atomic E-state index is 11.6. The Morgan fingerprint density at radius 2 is 1.93 bits per heavy atom. The Balaban J connectivity index is 2.89. The summed E-state index contributed by atoms with van der Waals surface area (Å²) >= 11 is 0. The molecular weight excluding hydrogens is 188 g/mol. The molecule has 1 N–H and O–H groups in total. The molecule has 0 aliphatic rings. The van der Waals surface area contributed by atoms with Gasteiger partial charge in [0, 0.05) is 6.07 Å². The van der Waals surface area contributed by atoms with Gasteiger partial charge < -0.3 is 0 Å². The first kappa shape index (κ1) is 11.7. The molecule has 0 aliphatic carbocycles. The van der Waals surface area contributed by atoms with Gasteiger partial charge in [0.05, 0.1) is 18.2 Å². The molecule has 1 aromatic heterocycles. The number of carbonyl (C=O) groups excluding carboxylic acids is 1. The summed E-state index contributed by atoms with van der Waals surface area (Å²) in [6, 6.07) is 6.15. The average molecular weight is 207 g/mol. The molecule has 1 rings (SSSR count). The quantitative estimate of drug-likeness (QED) is 0.757. The standard InChI is InChI=1S/C12H18N2O/c1-9(2)12(15)13-11-7-5-6-8-14(11)10(3)4/h5-10H,1-4H3/p+1. The van der Waals surface area contributed by atoms with Crippen molar-refractivity contribution in [3.05, 3.63) is 24.4 Å². The van der Waals surface area contributed by atoms with Gasteiger partial charge in [0.1, 0.15) is 0 Å². The van der Waals surface area contributed by atoms with Crippen LogP contribution in [0.4, 0.5) is 5.82 Å². The zero-order valence-corrected chi connectivity index (χ0v) is 9.82. The second-order valence-electron chi connectivity index (χ2n) is 4.23. The van der Waals surface area contributed by atoms with Crippen LogP contribution in [0.15, 0.2) is 24.4 Å². The van der Waals surface area contributed by atoms with Gasteiger partial charge >= 0.3 is 5.91 Å². The molecule has 1 amide bonds. The number of anilines is 1. The second kappa shape index (κ2) is 4.91. The molecule has 0 unspecified atom stereocenters. The molecule has 0 radical (unpaired) electrons. The Morgan fingerprint density at radius 1 is 1.27 bits per heavy atom. The molecule has 0 fully saturated rings. The van der Waals surface area contributed by atoms with E-state index in [4.69, 9.17) is 0 Å². The van der Waals surface area contributed by atoms with E-state index in [0.717, 1.165) is 5.82 Å². The lowest BCUT2D eigenvalue weighted by Crippen LogP contribution is -2.40. The summed E-state index contributed by atoms with van der Waals surface area (Å²) in [5.74, 6) is 0.910. The SMILES string of the molecule is CC(C)C(=O)Nc1cccc[n+]1C(C)C. The number of nitrogens with zero attached hydrogens (tertiary/aromatic N) is 1. The van der Waals surface area contributed by atoms with E-state index >= 15 is 0 Å². The predicted octanol–water partition coefficient (Wildman–Crippen LogP) is 2.15. The lowest BCUT2D eigenvalue weighted by Gasteiger charge is -2.09. The summed E-state index contributed by atoms with van der Waals surface area (Å²) in [6.45, 7) is 7.95. The molecule has 0 aromatic carbocycles. The summed E-state index contributed by atoms with van der Waals surface area (Å²) < 4.78 is 2.04. The smallest absolute Gasteiger partial charge is 0.247 e. The Labute approximate surface area is 91.1 Å². The van der Waals surface area contributed by atoms with Crippen molar-refractivity contribution >= 4 is 11.7 Å². The van der Waals surface area contributed by atoms with Crippen LogP contribution in [0, 0.1) is 5.92 Å². The number of carbonyl (C=O) groups is 1. The Hall–Kier alpha value is -1.38. The van der Waals surface area contributed by atoms with E-state index in [0.29, 0.717) is 6.04 Å². The van der Waals surface area contributed by atoms with E-state index < -0.39 is 0 Å². The van der Waals surface area contributed by atoms with Crippen molar-refractivity contribution in [3.8, 4) is 0 Å². The number of amides is 1. The molecule has 15 heavy (non-hydrogen) atoms. The maximum Gasteiger partial charge on any atom is 0.309 e. The highest BCUT2D eigenvalue weighted by molar-refractivity contribution is 5.90. The van der Waals surface area contributed by atoms with E-state index in [1.54, 1.807) is 0 Å². The predicted molar refractivity (Wildman–Crippen MR) is 60.5 cm³/mol. The van der Waals surface area contributed by atoms with Crippen molar-refractivity contribution in [2.24, 2.45) is 5.92 Å². The molecular formula is C12H19N2O+. The molecule has 0 aliphatic heterocycles. The van der Waals surface area contributed by atoms with Crippen molar-refractivity contribution in [1.82, 2.24) is 0 Å². The monoisotopic (exact) mass is 207 g/mol. The van der Waals surface area contributed by atoms with Crippen LogP contribution < -0.4 is 9.88 Å². The van der Waals surface area contributed by atoms with Crippen molar-refractivity contribution in [3.63, 3.8) is 0 Å². The van der Waals surface area contributed by atoms with E-state index in [1.807, 2.05) is 42.8 Å². The Bertz CT molecular complexity index is 345. The lowest BCUT2D eigenvalue weighted by molar-refractivity contribution is -0.702. The van der Waals surface area contributed by atoms with Gasteiger partial charge in [-0.2, -0.15) is 0 Å². The van der Waals surface area contributed by atoms with E-state index in [9.17, 15) is 4.79 Å². The first-order chi connectivity index (χ1) is 7.02. The minimum Gasteiger partial charge on any atom is -0.247 e. The van der Waals surface area contributed by atoms with Gasteiger partial charge in [-0.05, 0) is 19.9 Å². The number of aromatic nitrogens is 1. The first-order valence-electron chi connectivity index (χ1n) is 5.33. The highest BCUT2D eigenvalue weighted by Crippen LogP contribution is 2.05. The molecule has 1 aromatic rings. The summed E-state index contributed by atoms with van der Waals surface area (Å²) in [5.41, 5.74) is 0. The van der Waals surface area contributed by atoms with Crippen LogP contribution in [0.5, 0.6) is 0 Å². The number of hydrogen-bond acceptors (Lipinski definition) is 1. The Morgan fingerprint density at radius 3 is 2.47 bits per heavy atom. The molecule has 82 valence electrons. The van der Waals surface area contributed by atoms with Crippen LogP contribution in [-0.2, 0) is 4.79 Å². The van der Waals surface area contributed by atoms with E-state index in [1.165, 1.54) is 0 Å². The zero-order valence-electron chi connectivity index (χ0n) is 9.82. The van der Waals surface area contributed by atoms with Crippen LogP contribution in [0.3, 0.4) is 0 Å². The zero-order chi connectivity index (χ0) is 11.4. The average Bonchev–Trinajstić information content (AvgIpc) is 2.18. The van der Waals surface area contributed by atoms with Crippen LogP contribution in [0.1, 0.15) is 33.7 Å². The molecule has 3 heteroatoms. The molecule has 3 nitrogen and oxygen atoms in total. The van der Waals surface area contributed by atoms with Crippen LogP contribution in [-0.4, -0.2) is 5.91 Å². The second-order valence-corrected chi connectivity index (χ2v) is 4.23. The van der Waals surface area contributed by atoms with Crippen LogP contribution in [0.25, 0.3) is 0 Å². The summed E-state index contributed by atoms with van der Waals surface area (Å²) in [6.07, 6.45) is 1.97. The van der Waals surface area contributed by atoms with Gasteiger partial charge in [0.2, 0.25) is 0 Å². The van der Waals surface area contributed by atoms with Crippen molar-refractivity contribution in [2.75, 3.05) is 5.32 Å². The fourth-order valence-corrected chi connectivity index (χ4v) is 1.28. The third kappa shape index (κ3) is 3.05. The number of hydrogen-bond donors (Lipinski definition) is 1. The normalized spacial score (nSPS) is 10.8. The summed E-state index contributed by atoms with van der Waals surface area (Å²) in [4.78, 5) is 11.6. The minimum absolute atomic E-state index is 0.00539. The van der Waals surface area contributed by atoms with Gasteiger partial charge in [0.15, 0.2) is 0 Å². The van der Waals surface area contributed by atoms with Crippen molar-refractivity contribution < 1.29 is 9.36 Å². The lowest BCUT2D eigenvalue weighted by atomic mass is 10.2. The third-order valence-electron chi connectivity index (χ3n) is 2.22. The summed E-state index contributed by atoms with van der Waals surface area (Å²) in [5, 5.41) is 2.92. The summed E-state index contributed by atoms with van der Waals surface area (Å²) in [7, 11) is 0. The molecule has 1 heterocycles. The van der Waals surface area contributed by atoms with Crippen molar-refractivity contribution in [1.29, 1.82) is 0 Å². The fraction of sp³-hybridized carbons (Fsp3) is 0.500. The molecule has 0 spiro atoms. The third-order valence-corrected chi connectivity index (χ3v) is 2.22. The van der Waals surface area contributed by atoms with Crippen LogP contribution >= 0.6 is 0 Å². The number of pyridine rings is 1. The number of nitrogens with one attached hydrogen (secondary N) is 1. The molecule has 0 saturated carbocycles. The molecule has 0 saturated heterocycles.